The molecule has 0 aromatic rings. The minimum atomic E-state index is 1.000. The zero-order valence-corrected chi connectivity index (χ0v) is 6.41. The fourth-order valence-corrected chi connectivity index (χ4v) is 1.11. The topological polar surface area (TPSA) is 0 Å². The van der Waals surface area contributed by atoms with Gasteiger partial charge in [0.2, 0.25) is 0 Å². The van der Waals surface area contributed by atoms with E-state index in [1.807, 2.05) is 0 Å². The maximum atomic E-state index is 2.28. The van der Waals surface area contributed by atoms with Crippen LogP contribution in [0.1, 0.15) is 26.7 Å². The first-order valence-corrected chi connectivity index (χ1v) is 3.85. The molecule has 2 heteroatoms. The first kappa shape index (κ1) is 8.13. The predicted octanol–water partition coefficient (Wildman–Crippen LogP) is 1.43. The van der Waals surface area contributed by atoms with Crippen LogP contribution in [0.4, 0.5) is 0 Å². The summed E-state index contributed by atoms with van der Waals surface area (Å²) in [6.45, 7) is 6.83. The van der Waals surface area contributed by atoms with E-state index in [-0.39, 0.29) is 0 Å². The van der Waals surface area contributed by atoms with Crippen molar-refractivity contribution in [3.63, 3.8) is 0 Å². The molecule has 0 fully saturated rings. The summed E-state index contributed by atoms with van der Waals surface area (Å²) in [5.74, 6) is 1.000. The summed E-state index contributed by atoms with van der Waals surface area (Å²) in [4.78, 5) is 0. The van der Waals surface area contributed by atoms with Crippen molar-refractivity contribution >= 4 is 14.3 Å². The molecule has 0 aliphatic rings. The highest BCUT2D eigenvalue weighted by Crippen LogP contribution is 2.11. The van der Waals surface area contributed by atoms with Gasteiger partial charge in [-0.1, -0.05) is 39.3 Å². The van der Waals surface area contributed by atoms with Crippen LogP contribution in [0.2, 0.25) is 12.6 Å². The van der Waals surface area contributed by atoms with Crippen LogP contribution < -0.4 is 0 Å². The summed E-state index contributed by atoms with van der Waals surface area (Å²) in [5, 5.41) is 0. The van der Waals surface area contributed by atoms with Crippen molar-refractivity contribution in [3.05, 3.63) is 0 Å². The van der Waals surface area contributed by atoms with Gasteiger partial charge >= 0.3 is 0 Å². The largest absolute Gasteiger partial charge is 0.0958 e. The van der Waals surface area contributed by atoms with E-state index in [0.717, 1.165) is 5.82 Å². The van der Waals surface area contributed by atoms with E-state index in [1.165, 1.54) is 27.2 Å². The van der Waals surface area contributed by atoms with Crippen LogP contribution in [-0.2, 0) is 0 Å². The zero-order valence-electron chi connectivity index (χ0n) is 6.41. The Labute approximate surface area is 54.5 Å². The van der Waals surface area contributed by atoms with E-state index in [2.05, 4.69) is 20.7 Å². The molecule has 0 heterocycles. The second-order valence-electron chi connectivity index (χ2n) is 2.47. The van der Waals surface area contributed by atoms with Gasteiger partial charge in [0.1, 0.15) is 0 Å². The van der Waals surface area contributed by atoms with E-state index in [9.17, 15) is 0 Å². The molecule has 0 aliphatic heterocycles. The minimum Gasteiger partial charge on any atom is -0.0958 e. The van der Waals surface area contributed by atoms with Gasteiger partial charge in [-0.15, -0.1) is 0 Å². The van der Waals surface area contributed by atoms with Crippen molar-refractivity contribution in [1.82, 2.24) is 0 Å². The normalized spacial score (nSPS) is 9.50. The third kappa shape index (κ3) is 3.17. The fourth-order valence-electron chi connectivity index (χ4n) is 1.11. The number of hydrogen-bond acceptors (Lipinski definition) is 0. The molecule has 0 spiro atoms. The molecule has 8 heavy (non-hydrogen) atoms. The molecule has 0 aromatic heterocycles. The smallest absolute Gasteiger partial charge is 0.0901 e. The molecule has 0 atom stereocenters. The average molecular weight is 110 g/mol. The maximum Gasteiger partial charge on any atom is 0.0901 e. The Hall–Kier alpha value is 0.130. The van der Waals surface area contributed by atoms with Gasteiger partial charge in [0.25, 0.3) is 0 Å². The SMILES string of the molecule is CBBC(CC)CC. The van der Waals surface area contributed by atoms with Crippen LogP contribution in [0.15, 0.2) is 0 Å². The molecular formula is C6H16B2. The Morgan fingerprint density at radius 3 is 1.88 bits per heavy atom. The molecule has 46 valence electrons. The van der Waals surface area contributed by atoms with Gasteiger partial charge in [-0.2, -0.15) is 0 Å². The summed E-state index contributed by atoms with van der Waals surface area (Å²) in [5.41, 5.74) is 0. The molecular weight excluding hydrogens is 93.7 g/mol. The Bertz CT molecular complexity index is 41.8. The molecule has 0 nitrogen and oxygen atoms in total. The Morgan fingerprint density at radius 1 is 1.25 bits per heavy atom. The van der Waals surface area contributed by atoms with Gasteiger partial charge in [-0.3, -0.25) is 0 Å². The maximum absolute atomic E-state index is 2.28. The molecule has 0 rings (SSSR count). The third-order valence-corrected chi connectivity index (χ3v) is 1.85. The summed E-state index contributed by atoms with van der Waals surface area (Å²) >= 11 is 0. The first-order valence-electron chi connectivity index (χ1n) is 3.85. The molecule has 0 aliphatic carbocycles. The summed E-state index contributed by atoms with van der Waals surface area (Å²) in [6.07, 6.45) is 2.73. The van der Waals surface area contributed by atoms with Crippen molar-refractivity contribution < 1.29 is 0 Å². The van der Waals surface area contributed by atoms with E-state index >= 15 is 0 Å². The van der Waals surface area contributed by atoms with Crippen LogP contribution in [0.5, 0.6) is 0 Å². The molecule has 0 aromatic carbocycles. The lowest BCUT2D eigenvalue weighted by Crippen LogP contribution is -2.06. The van der Waals surface area contributed by atoms with Gasteiger partial charge in [0.15, 0.2) is 0 Å². The van der Waals surface area contributed by atoms with Crippen LogP contribution in [0.25, 0.3) is 0 Å². The van der Waals surface area contributed by atoms with Gasteiger partial charge in [0, 0.05) is 0 Å². The highest BCUT2D eigenvalue weighted by atomic mass is 13.9. The molecule has 0 bridgehead atoms. The van der Waals surface area contributed by atoms with E-state index < -0.39 is 0 Å². The van der Waals surface area contributed by atoms with Crippen molar-refractivity contribution in [2.24, 2.45) is 0 Å². The molecule has 0 unspecified atom stereocenters. The van der Waals surface area contributed by atoms with E-state index in [1.54, 1.807) is 0 Å². The molecule has 0 radical (unpaired) electrons. The molecule has 0 saturated carbocycles. The monoisotopic (exact) mass is 110 g/mol. The molecule has 0 saturated heterocycles. The second-order valence-corrected chi connectivity index (χ2v) is 2.47. The van der Waals surface area contributed by atoms with Crippen LogP contribution in [0, 0.1) is 0 Å². The Balaban J connectivity index is 3.07. The zero-order chi connectivity index (χ0) is 6.41. The van der Waals surface area contributed by atoms with Crippen LogP contribution in [-0.4, -0.2) is 14.3 Å². The third-order valence-electron chi connectivity index (χ3n) is 1.85. The number of hydrogen-bond donors (Lipinski definition) is 0. The Morgan fingerprint density at radius 2 is 1.75 bits per heavy atom. The predicted molar refractivity (Wildman–Crippen MR) is 44.5 cm³/mol. The lowest BCUT2D eigenvalue weighted by Gasteiger charge is -2.06. The summed E-state index contributed by atoms with van der Waals surface area (Å²) in [7, 11) is 2.78. The van der Waals surface area contributed by atoms with Crippen molar-refractivity contribution in [1.29, 1.82) is 0 Å². The van der Waals surface area contributed by atoms with Crippen LogP contribution >= 0.6 is 0 Å². The number of rotatable bonds is 4. The van der Waals surface area contributed by atoms with Gasteiger partial charge < -0.3 is 0 Å². The first-order chi connectivity index (χ1) is 3.85. The lowest BCUT2D eigenvalue weighted by atomic mass is 9.34. The summed E-state index contributed by atoms with van der Waals surface area (Å²) in [6, 6.07) is 0. The highest BCUT2D eigenvalue weighted by molar-refractivity contribution is 7.00. The van der Waals surface area contributed by atoms with Crippen LogP contribution in [0.3, 0.4) is 0 Å². The standard InChI is InChI=1S/C6H16B2/c1-4-6(5-2)8-7-3/h6-8H,4-5H2,1-3H3. The molecule has 0 amide bonds. The summed E-state index contributed by atoms with van der Waals surface area (Å²) < 4.78 is 0. The van der Waals surface area contributed by atoms with E-state index in [4.69, 9.17) is 0 Å². The lowest BCUT2D eigenvalue weighted by molar-refractivity contribution is 0.765. The van der Waals surface area contributed by atoms with Crippen molar-refractivity contribution in [3.8, 4) is 0 Å². The minimum absolute atomic E-state index is 1.000. The van der Waals surface area contributed by atoms with E-state index in [0.29, 0.717) is 0 Å². The highest BCUT2D eigenvalue weighted by Gasteiger charge is 2.01. The Kier molecular flexibility index (Phi) is 5.36. The quantitative estimate of drug-likeness (QED) is 0.480. The van der Waals surface area contributed by atoms with Gasteiger partial charge in [-0.25, -0.2) is 0 Å². The van der Waals surface area contributed by atoms with Gasteiger partial charge in [0.05, 0.1) is 14.3 Å². The van der Waals surface area contributed by atoms with Crippen molar-refractivity contribution in [2.75, 3.05) is 0 Å². The second kappa shape index (κ2) is 5.27. The average Bonchev–Trinajstić information content (AvgIpc) is 1.83. The van der Waals surface area contributed by atoms with Crippen molar-refractivity contribution in [2.45, 2.75) is 39.3 Å². The fraction of sp³-hybridized carbons (Fsp3) is 1.00. The van der Waals surface area contributed by atoms with Gasteiger partial charge in [-0.05, 0) is 0 Å². The molecule has 0 N–H and O–H groups in total.